The van der Waals surface area contributed by atoms with E-state index in [1.54, 1.807) is 0 Å². The number of nitrogens with zero attached hydrogens (tertiary/aromatic N) is 2. The Balaban J connectivity index is 1.89. The van der Waals surface area contributed by atoms with Crippen LogP contribution in [-0.4, -0.2) is 11.0 Å². The highest BCUT2D eigenvalue weighted by Gasteiger charge is 2.31. The Bertz CT molecular complexity index is 570. The standard InChI is InChI=1S/C15H14ClFN2/c16-12-8-14(17)15(18-9-12)19(13-6-7-13)10-11-4-2-1-3-5-11/h1-5,8-9,13H,6-7,10H2. The van der Waals surface area contributed by atoms with E-state index in [-0.39, 0.29) is 5.82 Å². The van der Waals surface area contributed by atoms with E-state index >= 15 is 0 Å². The Hall–Kier alpha value is -1.61. The molecule has 1 heterocycles. The number of benzene rings is 1. The van der Waals surface area contributed by atoms with Crippen molar-refractivity contribution in [1.29, 1.82) is 0 Å². The minimum Gasteiger partial charge on any atom is -0.347 e. The fourth-order valence-electron chi connectivity index (χ4n) is 2.16. The molecule has 4 heteroatoms. The van der Waals surface area contributed by atoms with Crippen LogP contribution >= 0.6 is 11.6 Å². The van der Waals surface area contributed by atoms with E-state index in [0.717, 1.165) is 18.4 Å². The Morgan fingerprint density at radius 2 is 2.00 bits per heavy atom. The van der Waals surface area contributed by atoms with E-state index in [1.807, 2.05) is 35.2 Å². The fraction of sp³-hybridized carbons (Fsp3) is 0.267. The van der Waals surface area contributed by atoms with Gasteiger partial charge in [-0.3, -0.25) is 0 Å². The van der Waals surface area contributed by atoms with Gasteiger partial charge in [0.2, 0.25) is 0 Å². The molecule has 0 radical (unpaired) electrons. The second-order valence-electron chi connectivity index (χ2n) is 4.80. The van der Waals surface area contributed by atoms with Crippen LogP contribution in [-0.2, 0) is 6.54 Å². The number of hydrogen-bond acceptors (Lipinski definition) is 2. The highest BCUT2D eigenvalue weighted by atomic mass is 35.5. The molecule has 2 aromatic rings. The Morgan fingerprint density at radius 3 is 2.63 bits per heavy atom. The highest BCUT2D eigenvalue weighted by Crippen LogP contribution is 2.33. The summed E-state index contributed by atoms with van der Waals surface area (Å²) < 4.78 is 14.0. The van der Waals surface area contributed by atoms with Crippen LogP contribution in [0.25, 0.3) is 0 Å². The van der Waals surface area contributed by atoms with Crippen LogP contribution in [0.15, 0.2) is 42.6 Å². The number of halogens is 2. The molecule has 1 aliphatic carbocycles. The minimum atomic E-state index is -0.352. The smallest absolute Gasteiger partial charge is 0.167 e. The van der Waals surface area contributed by atoms with E-state index in [2.05, 4.69) is 4.98 Å². The van der Waals surface area contributed by atoms with Gasteiger partial charge in [0.05, 0.1) is 5.02 Å². The van der Waals surface area contributed by atoms with Crippen molar-refractivity contribution in [2.45, 2.75) is 25.4 Å². The first-order chi connectivity index (χ1) is 9.24. The molecule has 2 nitrogen and oxygen atoms in total. The van der Waals surface area contributed by atoms with Gasteiger partial charge in [0.1, 0.15) is 0 Å². The lowest BCUT2D eigenvalue weighted by molar-refractivity contribution is 0.606. The van der Waals surface area contributed by atoms with Crippen molar-refractivity contribution in [2.24, 2.45) is 0 Å². The molecule has 0 N–H and O–H groups in total. The van der Waals surface area contributed by atoms with Crippen LogP contribution in [0.4, 0.5) is 10.2 Å². The summed E-state index contributed by atoms with van der Waals surface area (Å²) >= 11 is 5.76. The average Bonchev–Trinajstić information content (AvgIpc) is 3.22. The molecule has 0 spiro atoms. The number of anilines is 1. The third kappa shape index (κ3) is 2.87. The maximum atomic E-state index is 14.0. The fourth-order valence-corrected chi connectivity index (χ4v) is 2.31. The van der Waals surface area contributed by atoms with Gasteiger partial charge in [-0.15, -0.1) is 0 Å². The first-order valence-electron chi connectivity index (χ1n) is 6.35. The SMILES string of the molecule is Fc1cc(Cl)cnc1N(Cc1ccccc1)C1CC1. The van der Waals surface area contributed by atoms with Gasteiger partial charge in [0.25, 0.3) is 0 Å². The van der Waals surface area contributed by atoms with Gasteiger partial charge in [-0.2, -0.15) is 0 Å². The number of pyridine rings is 1. The summed E-state index contributed by atoms with van der Waals surface area (Å²) in [6.45, 7) is 0.678. The van der Waals surface area contributed by atoms with E-state index in [9.17, 15) is 4.39 Å². The molecule has 1 saturated carbocycles. The van der Waals surface area contributed by atoms with Crippen molar-refractivity contribution < 1.29 is 4.39 Å². The van der Waals surface area contributed by atoms with Crippen LogP contribution in [0.3, 0.4) is 0 Å². The normalized spacial score (nSPS) is 14.4. The summed E-state index contributed by atoms with van der Waals surface area (Å²) in [7, 11) is 0. The quantitative estimate of drug-likeness (QED) is 0.838. The molecule has 19 heavy (non-hydrogen) atoms. The molecule has 0 aliphatic heterocycles. The molecular weight excluding hydrogens is 263 g/mol. The molecule has 3 rings (SSSR count). The molecule has 1 aromatic carbocycles. The lowest BCUT2D eigenvalue weighted by Gasteiger charge is -2.24. The van der Waals surface area contributed by atoms with Gasteiger partial charge in [0, 0.05) is 18.8 Å². The molecule has 98 valence electrons. The number of aromatic nitrogens is 1. The predicted molar refractivity (Wildman–Crippen MR) is 74.9 cm³/mol. The summed E-state index contributed by atoms with van der Waals surface area (Å²) in [5.74, 6) is 0.0473. The molecule has 1 fully saturated rings. The lowest BCUT2D eigenvalue weighted by Crippen LogP contribution is -2.27. The van der Waals surface area contributed by atoms with Gasteiger partial charge < -0.3 is 4.90 Å². The summed E-state index contributed by atoms with van der Waals surface area (Å²) in [5, 5.41) is 0.330. The molecule has 0 unspecified atom stereocenters. The molecule has 0 saturated heterocycles. The monoisotopic (exact) mass is 276 g/mol. The molecule has 1 aliphatic rings. The average molecular weight is 277 g/mol. The molecule has 0 bridgehead atoms. The maximum Gasteiger partial charge on any atom is 0.167 e. The van der Waals surface area contributed by atoms with Crippen molar-refractivity contribution in [3.05, 3.63) is 59.0 Å². The summed E-state index contributed by atoms with van der Waals surface area (Å²) in [4.78, 5) is 6.18. The van der Waals surface area contributed by atoms with E-state index in [0.29, 0.717) is 23.4 Å². The van der Waals surface area contributed by atoms with Crippen LogP contribution in [0.2, 0.25) is 5.02 Å². The number of hydrogen-bond donors (Lipinski definition) is 0. The van der Waals surface area contributed by atoms with Crippen molar-refractivity contribution in [3.8, 4) is 0 Å². The second-order valence-corrected chi connectivity index (χ2v) is 5.24. The zero-order valence-electron chi connectivity index (χ0n) is 10.4. The van der Waals surface area contributed by atoms with Crippen molar-refractivity contribution >= 4 is 17.4 Å². The zero-order chi connectivity index (χ0) is 13.2. The molecule has 0 atom stereocenters. The Morgan fingerprint density at radius 1 is 1.26 bits per heavy atom. The minimum absolute atomic E-state index is 0.330. The van der Waals surface area contributed by atoms with Gasteiger partial charge in [-0.05, 0) is 24.5 Å². The van der Waals surface area contributed by atoms with Crippen LogP contribution in [0.1, 0.15) is 18.4 Å². The third-order valence-electron chi connectivity index (χ3n) is 3.24. The summed E-state index contributed by atoms with van der Waals surface area (Å²) in [5.41, 5.74) is 1.16. The second kappa shape index (κ2) is 5.17. The van der Waals surface area contributed by atoms with E-state index in [4.69, 9.17) is 11.6 Å². The van der Waals surface area contributed by atoms with E-state index < -0.39 is 0 Å². The van der Waals surface area contributed by atoms with Crippen LogP contribution in [0.5, 0.6) is 0 Å². The van der Waals surface area contributed by atoms with Gasteiger partial charge in [-0.1, -0.05) is 41.9 Å². The topological polar surface area (TPSA) is 16.1 Å². The molecule has 1 aromatic heterocycles. The third-order valence-corrected chi connectivity index (χ3v) is 3.45. The van der Waals surface area contributed by atoms with Gasteiger partial charge >= 0.3 is 0 Å². The lowest BCUT2D eigenvalue weighted by atomic mass is 10.2. The summed E-state index contributed by atoms with van der Waals surface area (Å²) in [6, 6.07) is 11.8. The predicted octanol–water partition coefficient (Wildman–Crippen LogP) is 4.04. The largest absolute Gasteiger partial charge is 0.347 e. The first kappa shape index (κ1) is 12.4. The zero-order valence-corrected chi connectivity index (χ0v) is 11.1. The maximum absolute atomic E-state index is 14.0. The van der Waals surface area contributed by atoms with Crippen molar-refractivity contribution in [3.63, 3.8) is 0 Å². The van der Waals surface area contributed by atoms with Crippen molar-refractivity contribution in [1.82, 2.24) is 4.98 Å². The van der Waals surface area contributed by atoms with Crippen LogP contribution in [0, 0.1) is 5.82 Å². The Labute approximate surface area is 116 Å². The van der Waals surface area contributed by atoms with E-state index in [1.165, 1.54) is 12.3 Å². The summed E-state index contributed by atoms with van der Waals surface area (Å²) in [6.07, 6.45) is 3.69. The molecule has 0 amide bonds. The highest BCUT2D eigenvalue weighted by molar-refractivity contribution is 6.30. The Kier molecular flexibility index (Phi) is 3.38. The number of rotatable bonds is 4. The van der Waals surface area contributed by atoms with Gasteiger partial charge in [0.15, 0.2) is 11.6 Å². The van der Waals surface area contributed by atoms with Gasteiger partial charge in [-0.25, -0.2) is 9.37 Å². The van der Waals surface area contributed by atoms with Crippen LogP contribution < -0.4 is 4.90 Å². The first-order valence-corrected chi connectivity index (χ1v) is 6.73. The van der Waals surface area contributed by atoms with Crippen molar-refractivity contribution in [2.75, 3.05) is 4.90 Å². The molecular formula is C15H14ClFN2.